The molecule has 0 fully saturated rings. The standard InChI is InChI=1S/C36H25NS/c1-3-13-29(14-4-1)37(30-15-5-2-6-16-30)31-23-21-26(22-24-31)27-11-9-12-28(25-27)32-18-10-20-35-36(32)33-17-7-8-19-34(33)38-35/h1-25H. The summed E-state index contributed by atoms with van der Waals surface area (Å²) < 4.78 is 2.67. The van der Waals surface area contributed by atoms with Gasteiger partial charge in [-0.05, 0) is 76.9 Å². The summed E-state index contributed by atoms with van der Waals surface area (Å²) in [7, 11) is 0. The Balaban J connectivity index is 1.28. The molecule has 0 bridgehead atoms. The van der Waals surface area contributed by atoms with Crippen LogP contribution in [0.15, 0.2) is 152 Å². The Bertz CT molecular complexity index is 1810. The average molecular weight is 504 g/mol. The van der Waals surface area contributed by atoms with E-state index < -0.39 is 0 Å². The maximum absolute atomic E-state index is 2.32. The van der Waals surface area contributed by atoms with E-state index in [9.17, 15) is 0 Å². The van der Waals surface area contributed by atoms with Gasteiger partial charge in [0.2, 0.25) is 0 Å². The molecule has 0 saturated carbocycles. The maximum atomic E-state index is 2.32. The van der Waals surface area contributed by atoms with Crippen LogP contribution in [0.5, 0.6) is 0 Å². The molecule has 0 spiro atoms. The summed E-state index contributed by atoms with van der Waals surface area (Å²) in [6.45, 7) is 0. The third-order valence-electron chi connectivity index (χ3n) is 7.06. The molecule has 0 radical (unpaired) electrons. The Labute approximate surface area is 226 Å². The van der Waals surface area contributed by atoms with Gasteiger partial charge in [0.05, 0.1) is 0 Å². The maximum Gasteiger partial charge on any atom is 0.0462 e. The zero-order chi connectivity index (χ0) is 25.3. The molecule has 0 unspecified atom stereocenters. The number of fused-ring (bicyclic) bond motifs is 3. The first-order valence-corrected chi connectivity index (χ1v) is 13.7. The zero-order valence-corrected chi connectivity index (χ0v) is 21.6. The molecule has 1 nitrogen and oxygen atoms in total. The molecule has 0 atom stereocenters. The third-order valence-corrected chi connectivity index (χ3v) is 8.20. The molecule has 180 valence electrons. The highest BCUT2D eigenvalue weighted by Gasteiger charge is 2.13. The van der Waals surface area contributed by atoms with E-state index in [1.54, 1.807) is 0 Å². The van der Waals surface area contributed by atoms with Gasteiger partial charge in [-0.25, -0.2) is 0 Å². The summed E-state index contributed by atoms with van der Waals surface area (Å²) in [4.78, 5) is 2.29. The fourth-order valence-electron chi connectivity index (χ4n) is 5.29. The van der Waals surface area contributed by atoms with Crippen molar-refractivity contribution in [2.75, 3.05) is 4.90 Å². The second kappa shape index (κ2) is 9.66. The second-order valence-electron chi connectivity index (χ2n) is 9.41. The van der Waals surface area contributed by atoms with Gasteiger partial charge in [0.15, 0.2) is 0 Å². The minimum Gasteiger partial charge on any atom is -0.311 e. The molecule has 2 heteroatoms. The summed E-state index contributed by atoms with van der Waals surface area (Å²) in [6, 6.07) is 54.3. The lowest BCUT2D eigenvalue weighted by molar-refractivity contribution is 1.28. The summed E-state index contributed by atoms with van der Waals surface area (Å²) in [5.74, 6) is 0. The van der Waals surface area contributed by atoms with Crippen molar-refractivity contribution >= 4 is 48.6 Å². The van der Waals surface area contributed by atoms with E-state index in [1.807, 2.05) is 11.3 Å². The van der Waals surface area contributed by atoms with Gasteiger partial charge in [0.25, 0.3) is 0 Å². The molecule has 0 aliphatic rings. The average Bonchev–Trinajstić information content (AvgIpc) is 3.38. The van der Waals surface area contributed by atoms with Crippen molar-refractivity contribution in [3.63, 3.8) is 0 Å². The van der Waals surface area contributed by atoms with Gasteiger partial charge in [-0.15, -0.1) is 11.3 Å². The largest absolute Gasteiger partial charge is 0.311 e. The second-order valence-corrected chi connectivity index (χ2v) is 10.5. The fourth-order valence-corrected chi connectivity index (χ4v) is 6.42. The quantitative estimate of drug-likeness (QED) is 0.226. The smallest absolute Gasteiger partial charge is 0.0462 e. The van der Waals surface area contributed by atoms with Crippen LogP contribution in [0, 0.1) is 0 Å². The van der Waals surface area contributed by atoms with Gasteiger partial charge in [-0.3, -0.25) is 0 Å². The van der Waals surface area contributed by atoms with Gasteiger partial charge >= 0.3 is 0 Å². The summed E-state index contributed by atoms with van der Waals surface area (Å²) in [5.41, 5.74) is 8.38. The number of nitrogens with zero attached hydrogens (tertiary/aromatic N) is 1. The monoisotopic (exact) mass is 503 g/mol. The minimum absolute atomic E-state index is 1.14. The van der Waals surface area contributed by atoms with E-state index in [1.165, 1.54) is 42.4 Å². The van der Waals surface area contributed by atoms with Crippen LogP contribution in [0.2, 0.25) is 0 Å². The van der Waals surface area contributed by atoms with Crippen LogP contribution in [0.25, 0.3) is 42.4 Å². The molecule has 1 heterocycles. The van der Waals surface area contributed by atoms with Gasteiger partial charge < -0.3 is 4.90 Å². The van der Waals surface area contributed by atoms with Crippen molar-refractivity contribution in [1.29, 1.82) is 0 Å². The van der Waals surface area contributed by atoms with Crippen molar-refractivity contribution in [2.45, 2.75) is 0 Å². The molecule has 0 aliphatic carbocycles. The van der Waals surface area contributed by atoms with Crippen LogP contribution < -0.4 is 4.90 Å². The first-order valence-electron chi connectivity index (χ1n) is 12.9. The number of rotatable bonds is 5. The highest BCUT2D eigenvalue weighted by atomic mass is 32.1. The summed E-state index contributed by atoms with van der Waals surface area (Å²) >= 11 is 1.87. The third kappa shape index (κ3) is 4.06. The molecule has 0 saturated heterocycles. The Morgan fingerprint density at radius 1 is 0.395 bits per heavy atom. The number of para-hydroxylation sites is 2. The van der Waals surface area contributed by atoms with Crippen LogP contribution in [0.4, 0.5) is 17.1 Å². The Morgan fingerprint density at radius 2 is 0.974 bits per heavy atom. The molecule has 6 aromatic carbocycles. The predicted molar refractivity (Wildman–Crippen MR) is 165 cm³/mol. The fraction of sp³-hybridized carbons (Fsp3) is 0. The van der Waals surface area contributed by atoms with Gasteiger partial charge in [0, 0.05) is 37.2 Å². The lowest BCUT2D eigenvalue weighted by atomic mass is 9.96. The van der Waals surface area contributed by atoms with Crippen LogP contribution >= 0.6 is 11.3 Å². The number of hydrogen-bond acceptors (Lipinski definition) is 2. The number of hydrogen-bond donors (Lipinski definition) is 0. The summed E-state index contributed by atoms with van der Waals surface area (Å²) in [5, 5.41) is 2.68. The lowest BCUT2D eigenvalue weighted by Gasteiger charge is -2.25. The number of anilines is 3. The van der Waals surface area contributed by atoms with Crippen LogP contribution in [-0.2, 0) is 0 Å². The van der Waals surface area contributed by atoms with E-state index in [4.69, 9.17) is 0 Å². The SMILES string of the molecule is c1ccc(N(c2ccccc2)c2ccc(-c3cccc(-c4cccc5sc6ccccc6c45)c3)cc2)cc1. The van der Waals surface area contributed by atoms with Gasteiger partial charge in [0.1, 0.15) is 0 Å². The van der Waals surface area contributed by atoms with Gasteiger partial charge in [-0.1, -0.05) is 97.1 Å². The minimum atomic E-state index is 1.14. The topological polar surface area (TPSA) is 3.24 Å². The normalized spacial score (nSPS) is 11.2. The van der Waals surface area contributed by atoms with Crippen molar-refractivity contribution in [2.24, 2.45) is 0 Å². The Morgan fingerprint density at radius 3 is 1.71 bits per heavy atom. The van der Waals surface area contributed by atoms with Crippen molar-refractivity contribution < 1.29 is 0 Å². The van der Waals surface area contributed by atoms with Crippen molar-refractivity contribution in [3.05, 3.63) is 152 Å². The first kappa shape index (κ1) is 22.5. The van der Waals surface area contributed by atoms with E-state index in [2.05, 4.69) is 157 Å². The molecule has 7 rings (SSSR count). The molecular weight excluding hydrogens is 478 g/mol. The van der Waals surface area contributed by atoms with Crippen LogP contribution in [0.3, 0.4) is 0 Å². The molecular formula is C36H25NS. The first-order chi connectivity index (χ1) is 18.8. The van der Waals surface area contributed by atoms with Crippen molar-refractivity contribution in [3.8, 4) is 22.3 Å². The molecule has 0 aliphatic heterocycles. The number of thiophene rings is 1. The lowest BCUT2D eigenvalue weighted by Crippen LogP contribution is -2.09. The van der Waals surface area contributed by atoms with E-state index in [0.717, 1.165) is 17.1 Å². The van der Waals surface area contributed by atoms with Crippen LogP contribution in [-0.4, -0.2) is 0 Å². The zero-order valence-electron chi connectivity index (χ0n) is 20.8. The Hall–Kier alpha value is -4.66. The molecule has 0 N–H and O–H groups in total. The molecule has 7 aromatic rings. The highest BCUT2D eigenvalue weighted by Crippen LogP contribution is 2.41. The van der Waals surface area contributed by atoms with Gasteiger partial charge in [-0.2, -0.15) is 0 Å². The van der Waals surface area contributed by atoms with Crippen molar-refractivity contribution in [1.82, 2.24) is 0 Å². The Kier molecular flexibility index (Phi) is 5.73. The predicted octanol–water partition coefficient (Wildman–Crippen LogP) is 10.9. The molecule has 1 aromatic heterocycles. The van der Waals surface area contributed by atoms with E-state index in [-0.39, 0.29) is 0 Å². The molecule has 38 heavy (non-hydrogen) atoms. The summed E-state index contributed by atoms with van der Waals surface area (Å²) in [6.07, 6.45) is 0. The van der Waals surface area contributed by atoms with E-state index in [0.29, 0.717) is 0 Å². The highest BCUT2D eigenvalue weighted by molar-refractivity contribution is 7.25. The van der Waals surface area contributed by atoms with Crippen LogP contribution in [0.1, 0.15) is 0 Å². The molecule has 0 amide bonds. The number of benzene rings is 6. The van der Waals surface area contributed by atoms with E-state index >= 15 is 0 Å².